The Bertz CT molecular complexity index is 2440. The number of amides is 11. The number of nitrogens with one attached hydrogen (secondary N) is 11. The number of aliphatic hydroxyl groups excluding tert-OH is 2. The molecule has 11 amide bonds. The van der Waals surface area contributed by atoms with Crippen molar-refractivity contribution in [1.29, 1.82) is 0 Å². The molecule has 478 valence electrons. The van der Waals surface area contributed by atoms with E-state index in [0.29, 0.717) is 25.7 Å². The van der Waals surface area contributed by atoms with Crippen LogP contribution in [0.25, 0.3) is 0 Å². The van der Waals surface area contributed by atoms with Crippen LogP contribution < -0.4 is 64.2 Å². The number of esters is 1. The summed E-state index contributed by atoms with van der Waals surface area (Å²) in [6, 6.07) is -6.01. The number of likely N-dealkylation sites (N-methyl/N-ethyl adjacent to an activating group) is 1. The van der Waals surface area contributed by atoms with Crippen molar-refractivity contribution in [2.24, 2.45) is 35.3 Å². The number of hydrogen-bond donors (Lipinski definition) is 14. The molecule has 0 aliphatic carbocycles. The third kappa shape index (κ3) is 22.6. The lowest BCUT2D eigenvalue weighted by atomic mass is 9.94. The van der Waals surface area contributed by atoms with Gasteiger partial charge in [-0.2, -0.15) is 0 Å². The molecule has 17 atom stereocenters. The van der Waals surface area contributed by atoms with Crippen molar-refractivity contribution < 1.29 is 72.5 Å². The van der Waals surface area contributed by atoms with Gasteiger partial charge < -0.3 is 79.2 Å². The molecule has 15 N–H and O–H groups in total. The van der Waals surface area contributed by atoms with Gasteiger partial charge in [-0.05, 0) is 68.9 Å². The molecule has 1 aliphatic heterocycles. The fourth-order valence-electron chi connectivity index (χ4n) is 9.01. The summed E-state index contributed by atoms with van der Waals surface area (Å²) in [5.41, 5.74) is 6.31. The summed E-state index contributed by atoms with van der Waals surface area (Å²) < 4.78 is 5.71. The molecule has 1 heterocycles. The molecule has 27 nitrogen and oxygen atoms in total. The van der Waals surface area contributed by atoms with Crippen LogP contribution in [-0.2, 0) is 68.7 Å². The second-order valence-electron chi connectivity index (χ2n) is 22.3. The molecule has 1 aromatic rings. The van der Waals surface area contributed by atoms with Crippen molar-refractivity contribution in [1.82, 2.24) is 58.5 Å². The molecule has 1 aromatic carbocycles. The largest absolute Gasteiger partial charge is 0.458 e. The van der Waals surface area contributed by atoms with Crippen LogP contribution in [0, 0.1) is 29.6 Å². The molecular formula is C58H96N12O15. The number of nitrogens with two attached hydrogens (primary N) is 1. The van der Waals surface area contributed by atoms with Crippen molar-refractivity contribution in [3.8, 4) is 0 Å². The summed E-state index contributed by atoms with van der Waals surface area (Å²) in [7, 11) is 1.60. The van der Waals surface area contributed by atoms with Crippen LogP contribution >= 0.6 is 0 Å². The Morgan fingerprint density at radius 3 is 1.42 bits per heavy atom. The number of primary amides is 1. The minimum atomic E-state index is -1.80. The second kappa shape index (κ2) is 36.6. The van der Waals surface area contributed by atoms with Crippen LogP contribution in [0.2, 0.25) is 0 Å². The predicted octanol–water partition coefficient (Wildman–Crippen LogP) is -1.89. The van der Waals surface area contributed by atoms with E-state index in [-0.39, 0.29) is 12.8 Å². The molecule has 1 aliphatic rings. The normalized spacial score (nSPS) is 21.8. The Balaban J connectivity index is 2.41. The molecular weight excluding hydrogens is 1100 g/mol. The number of aliphatic hydroxyl groups is 2. The smallest absolute Gasteiger partial charge is 0.329 e. The van der Waals surface area contributed by atoms with E-state index in [4.69, 9.17) is 10.5 Å². The highest BCUT2D eigenvalue weighted by Crippen LogP contribution is 2.18. The Morgan fingerprint density at radius 2 is 0.965 bits per heavy atom. The summed E-state index contributed by atoms with van der Waals surface area (Å²) >= 11 is 0. The molecule has 0 aromatic heterocycles. The van der Waals surface area contributed by atoms with E-state index in [9.17, 15) is 67.7 Å². The van der Waals surface area contributed by atoms with Crippen LogP contribution in [0.15, 0.2) is 30.3 Å². The topological polar surface area (TPSA) is 413 Å². The van der Waals surface area contributed by atoms with Crippen LogP contribution in [0.4, 0.5) is 0 Å². The third-order valence-electron chi connectivity index (χ3n) is 15.9. The van der Waals surface area contributed by atoms with Crippen molar-refractivity contribution in [3.05, 3.63) is 35.9 Å². The predicted molar refractivity (Wildman–Crippen MR) is 313 cm³/mol. The van der Waals surface area contributed by atoms with Gasteiger partial charge in [0.1, 0.15) is 66.5 Å². The fraction of sp³-hybridized carbons (Fsp3) is 0.690. The maximum atomic E-state index is 14.4. The van der Waals surface area contributed by atoms with Crippen LogP contribution in [-0.4, -0.2) is 174 Å². The number of hydrogen-bond acceptors (Lipinski definition) is 16. The van der Waals surface area contributed by atoms with Crippen molar-refractivity contribution >= 4 is 70.9 Å². The van der Waals surface area contributed by atoms with Gasteiger partial charge in [0.05, 0.1) is 19.3 Å². The van der Waals surface area contributed by atoms with Gasteiger partial charge in [0.25, 0.3) is 0 Å². The molecule has 27 heteroatoms. The minimum Gasteiger partial charge on any atom is -0.458 e. The van der Waals surface area contributed by atoms with E-state index >= 15 is 0 Å². The van der Waals surface area contributed by atoms with E-state index in [1.165, 1.54) is 13.8 Å². The third-order valence-corrected chi connectivity index (χ3v) is 15.9. The number of benzene rings is 1. The molecule has 0 radical (unpaired) electrons. The maximum absolute atomic E-state index is 14.4. The van der Waals surface area contributed by atoms with E-state index < -0.39 is 199 Å². The zero-order valence-electron chi connectivity index (χ0n) is 51.6. The summed E-state index contributed by atoms with van der Waals surface area (Å²) in [5.74, 6) is -13.2. The Morgan fingerprint density at radius 1 is 0.541 bits per heavy atom. The molecule has 0 bridgehead atoms. The first-order valence-corrected chi connectivity index (χ1v) is 29.5. The van der Waals surface area contributed by atoms with Crippen molar-refractivity contribution in [2.45, 2.75) is 207 Å². The summed E-state index contributed by atoms with van der Waals surface area (Å²) in [5, 5.41) is 49.4. The summed E-state index contributed by atoms with van der Waals surface area (Å²) in [6.45, 7) is 17.8. The van der Waals surface area contributed by atoms with E-state index in [1.807, 2.05) is 37.3 Å². The average molecular weight is 1200 g/mol. The van der Waals surface area contributed by atoms with Gasteiger partial charge in [-0.3, -0.25) is 52.7 Å². The summed E-state index contributed by atoms with van der Waals surface area (Å²) in [4.78, 5) is 165. The number of ether oxygens (including phenoxy) is 1. The second-order valence-corrected chi connectivity index (χ2v) is 22.3. The van der Waals surface area contributed by atoms with Crippen LogP contribution in [0.3, 0.4) is 0 Å². The Kier molecular flexibility index (Phi) is 31.8. The van der Waals surface area contributed by atoms with Gasteiger partial charge in [-0.15, -0.1) is 0 Å². The van der Waals surface area contributed by atoms with Gasteiger partial charge in [0.15, 0.2) is 0 Å². The van der Waals surface area contributed by atoms with Crippen LogP contribution in [0.5, 0.6) is 0 Å². The first-order valence-electron chi connectivity index (χ1n) is 29.5. The first-order chi connectivity index (χ1) is 40.1. The van der Waals surface area contributed by atoms with E-state index in [1.54, 1.807) is 69.4 Å². The lowest BCUT2D eigenvalue weighted by Crippen LogP contribution is -2.63. The first kappa shape index (κ1) is 73.8. The van der Waals surface area contributed by atoms with Gasteiger partial charge in [0, 0.05) is 6.42 Å². The Hall–Kier alpha value is -7.26. The molecule has 2 rings (SSSR count). The van der Waals surface area contributed by atoms with Crippen molar-refractivity contribution in [3.63, 3.8) is 0 Å². The van der Waals surface area contributed by atoms with Crippen molar-refractivity contribution in [2.75, 3.05) is 20.3 Å². The Labute approximate surface area is 498 Å². The van der Waals surface area contributed by atoms with Gasteiger partial charge in [0.2, 0.25) is 65.0 Å². The quantitative estimate of drug-likeness (QED) is 0.0351. The SMILES string of the molecule is CCC(C)[C@@H]1NC(=O)[C@H](C)NC(=O)[C@H](NC(=O)[C@H](CO)NC(=O)[C@@H](NC(=O)[C@H](NC(=O)[C@@H](CCC(N)=O)NC(=O)[C@H](CO)NC(=O)[C@@H](NC(=O)[C@@H](Cc2ccccc2)NC)[C@@H](C)CC)[C@H](C)CC)[C@@H](C)CC)[C@H](C)OC(=O)[C@H]([C@@H](C)CC)NC1=O. The van der Waals surface area contributed by atoms with Gasteiger partial charge in [-0.25, -0.2) is 4.79 Å². The monoisotopic (exact) mass is 1200 g/mol. The average Bonchev–Trinajstić information content (AvgIpc) is 3.74. The van der Waals surface area contributed by atoms with Crippen LogP contribution in [0.1, 0.15) is 134 Å². The molecule has 0 saturated carbocycles. The molecule has 85 heavy (non-hydrogen) atoms. The standard InChI is InChI=1S/C58H96N12O15/c1-14-29(6)42(67-50(76)38(60-13)26-36-22-20-19-21-23-36)53(79)63-39(27-71)51(77)62-37(24-25-41(59)73)49(75)66-45(32(9)17-4)55(81)68-43(30(7)15-2)54(80)64-40(28-72)52(78)70-47-35(12)85-58(84)46(33(10)18-5)69-56(82)44(31(8)16-3)65-48(74)34(11)61-57(47)83/h19-23,29-35,37-40,42-47,60,71-72H,14-18,24-28H2,1-13H3,(H2,59,73)(H,61,83)(H,62,77)(H,63,79)(H,64,80)(H,65,74)(H,66,75)(H,67,76)(H,68,81)(H,69,82)(H,70,78)/t29-,30-,31?,32+,33-,34-,35-,37+,38+,39-,40-,42-,43-,44-,45+,46-,47+/m0/s1. The number of carbonyl (C=O) groups excluding carboxylic acids is 12. The molecule has 1 fully saturated rings. The summed E-state index contributed by atoms with van der Waals surface area (Å²) in [6.07, 6.45) is -0.166. The maximum Gasteiger partial charge on any atom is 0.329 e. The number of rotatable bonds is 32. The molecule has 1 unspecified atom stereocenters. The number of carbonyl (C=O) groups is 12. The highest BCUT2D eigenvalue weighted by atomic mass is 16.5. The van der Waals surface area contributed by atoms with Gasteiger partial charge >= 0.3 is 5.97 Å². The zero-order chi connectivity index (χ0) is 64.4. The minimum absolute atomic E-state index is 0.265. The van der Waals surface area contributed by atoms with Gasteiger partial charge in [-0.1, -0.05) is 132 Å². The lowest BCUT2D eigenvalue weighted by Gasteiger charge is -2.31. The molecule has 0 spiro atoms. The highest BCUT2D eigenvalue weighted by Gasteiger charge is 2.41. The van der Waals surface area contributed by atoms with E-state index in [2.05, 4.69) is 58.5 Å². The zero-order valence-corrected chi connectivity index (χ0v) is 51.6. The lowest BCUT2D eigenvalue weighted by molar-refractivity contribution is -0.157. The van der Waals surface area contributed by atoms with E-state index in [0.717, 1.165) is 5.56 Å². The molecule has 1 saturated heterocycles. The highest BCUT2D eigenvalue weighted by molar-refractivity contribution is 5.99. The number of cyclic esters (lactones) is 1. The fourth-order valence-corrected chi connectivity index (χ4v) is 9.01.